The number of nitrogens with zero attached hydrogens (tertiary/aromatic N) is 3. The lowest BCUT2D eigenvalue weighted by Gasteiger charge is -2.31. The molecule has 1 saturated heterocycles. The van der Waals surface area contributed by atoms with Crippen LogP contribution in [0.4, 0.5) is 16.4 Å². The van der Waals surface area contributed by atoms with Crippen molar-refractivity contribution < 1.29 is 9.59 Å². The average molecular weight is 448 g/mol. The molecular weight excluding hydrogens is 426 g/mol. The fourth-order valence-electron chi connectivity index (χ4n) is 3.33. The molecule has 1 aliphatic heterocycles. The predicted octanol–water partition coefficient (Wildman–Crippen LogP) is 5.13. The van der Waals surface area contributed by atoms with Crippen molar-refractivity contribution in [2.45, 2.75) is 6.92 Å². The zero-order chi connectivity index (χ0) is 22.1. The van der Waals surface area contributed by atoms with Crippen LogP contribution in [-0.2, 0) is 9.59 Å². The summed E-state index contributed by atoms with van der Waals surface area (Å²) in [5.41, 5.74) is 3.36. The molecule has 0 spiro atoms. The number of thiocarbonyl (C=S) groups is 1. The second-order valence-corrected chi connectivity index (χ2v) is 8.71. The first-order valence-corrected chi connectivity index (χ1v) is 10.9. The van der Waals surface area contributed by atoms with E-state index in [2.05, 4.69) is 48.2 Å². The number of hydrogen-bond donors (Lipinski definition) is 0. The summed E-state index contributed by atoms with van der Waals surface area (Å²) >= 11 is 6.67. The van der Waals surface area contributed by atoms with Crippen LogP contribution in [0, 0.1) is 6.92 Å². The summed E-state index contributed by atoms with van der Waals surface area (Å²) in [6, 6.07) is 22.3. The first kappa shape index (κ1) is 21.0. The molecule has 3 aromatic rings. The number of carbonyl (C=O) groups is 2. The maximum absolute atomic E-state index is 12.6. The van der Waals surface area contributed by atoms with Crippen molar-refractivity contribution in [2.75, 3.05) is 19.0 Å². The van der Waals surface area contributed by atoms with Gasteiger partial charge in [-0.25, -0.2) is 0 Å². The van der Waals surface area contributed by atoms with Crippen LogP contribution in [0.1, 0.15) is 10.4 Å². The van der Waals surface area contributed by atoms with Gasteiger partial charge in [0.1, 0.15) is 10.6 Å². The average Bonchev–Trinajstić information content (AvgIpc) is 3.24. The first-order chi connectivity index (χ1) is 14.9. The topological polar surface area (TPSA) is 43.9 Å². The minimum atomic E-state index is -0.387. The largest absolute Gasteiger partial charge is 0.302 e. The van der Waals surface area contributed by atoms with E-state index in [1.807, 2.05) is 30.3 Å². The summed E-state index contributed by atoms with van der Waals surface area (Å²) in [4.78, 5) is 30.9. The number of carbonyl (C=O) groups excluding carboxylic acids is 2. The molecule has 2 heterocycles. The van der Waals surface area contributed by atoms with Gasteiger partial charge in [-0.15, -0.1) is 11.3 Å². The van der Waals surface area contributed by atoms with Crippen LogP contribution in [0.25, 0.3) is 6.08 Å². The summed E-state index contributed by atoms with van der Waals surface area (Å²) in [6.45, 7) is 2.06. The number of hydrogen-bond acceptors (Lipinski definition) is 5. The van der Waals surface area contributed by atoms with Crippen molar-refractivity contribution in [2.24, 2.45) is 0 Å². The molecule has 0 unspecified atom stereocenters. The summed E-state index contributed by atoms with van der Waals surface area (Å²) < 4.78 is 0. The zero-order valence-electron chi connectivity index (χ0n) is 17.4. The number of thiophene rings is 1. The molecule has 0 aliphatic carbocycles. The van der Waals surface area contributed by atoms with Gasteiger partial charge in [0.2, 0.25) is 0 Å². The van der Waals surface area contributed by atoms with Crippen LogP contribution in [0.3, 0.4) is 0 Å². The third-order valence-corrected chi connectivity index (χ3v) is 6.64. The molecule has 1 aromatic heterocycles. The molecular formula is C24H21N3O2S2. The quantitative estimate of drug-likeness (QED) is 0.316. The number of benzene rings is 2. The van der Waals surface area contributed by atoms with Crippen molar-refractivity contribution in [3.05, 3.63) is 82.7 Å². The lowest BCUT2D eigenvalue weighted by Crippen LogP contribution is -2.52. The standard InChI is InChI=1S/C24H21N3O2S2/c1-16-9-11-18(12-10-16)27(17-7-5-4-6-8-17)21-14-13-19(31-21)15-20-22(28)25(2)24(30)26(3)23(20)29/h4-15H,1-3H3. The highest BCUT2D eigenvalue weighted by molar-refractivity contribution is 7.80. The second kappa shape index (κ2) is 8.45. The van der Waals surface area contributed by atoms with Crippen molar-refractivity contribution in [1.82, 2.24) is 9.80 Å². The Morgan fingerprint density at radius 3 is 2.03 bits per heavy atom. The maximum atomic E-state index is 12.6. The van der Waals surface area contributed by atoms with E-state index >= 15 is 0 Å². The van der Waals surface area contributed by atoms with Crippen molar-refractivity contribution >= 4 is 62.9 Å². The van der Waals surface area contributed by atoms with Crippen molar-refractivity contribution in [3.63, 3.8) is 0 Å². The van der Waals surface area contributed by atoms with E-state index in [0.717, 1.165) is 21.3 Å². The zero-order valence-corrected chi connectivity index (χ0v) is 19.0. The van der Waals surface area contributed by atoms with Crippen LogP contribution in [0.5, 0.6) is 0 Å². The molecule has 0 N–H and O–H groups in total. The van der Waals surface area contributed by atoms with E-state index in [4.69, 9.17) is 12.2 Å². The van der Waals surface area contributed by atoms with Gasteiger partial charge in [-0.3, -0.25) is 19.4 Å². The Hall–Kier alpha value is -3.29. The highest BCUT2D eigenvalue weighted by atomic mass is 32.1. The molecule has 7 heteroatoms. The van der Waals surface area contributed by atoms with Gasteiger partial charge in [0.25, 0.3) is 11.8 Å². The fraction of sp³-hybridized carbons (Fsp3) is 0.125. The van der Waals surface area contributed by atoms with Gasteiger partial charge in [0, 0.05) is 30.3 Å². The number of likely N-dealkylation sites (N-methyl/N-ethyl adjacent to an activating group) is 2. The van der Waals surface area contributed by atoms with Crippen LogP contribution < -0.4 is 4.90 Å². The Morgan fingerprint density at radius 1 is 0.839 bits per heavy atom. The Kier molecular flexibility index (Phi) is 5.71. The van der Waals surface area contributed by atoms with E-state index in [1.165, 1.54) is 26.7 Å². The van der Waals surface area contributed by atoms with Gasteiger partial charge < -0.3 is 4.90 Å². The van der Waals surface area contributed by atoms with Crippen LogP contribution in [0.15, 0.2) is 72.3 Å². The molecule has 0 saturated carbocycles. The normalized spacial score (nSPS) is 14.3. The van der Waals surface area contributed by atoms with E-state index < -0.39 is 0 Å². The summed E-state index contributed by atoms with van der Waals surface area (Å²) in [5, 5.41) is 1.18. The van der Waals surface area contributed by atoms with Crippen LogP contribution in [-0.4, -0.2) is 40.8 Å². The van der Waals surface area contributed by atoms with Crippen molar-refractivity contribution in [3.8, 4) is 0 Å². The molecule has 0 bridgehead atoms. The first-order valence-electron chi connectivity index (χ1n) is 9.70. The van der Waals surface area contributed by atoms with E-state index in [0.29, 0.717) is 0 Å². The summed E-state index contributed by atoms with van der Waals surface area (Å²) in [7, 11) is 3.16. The lowest BCUT2D eigenvalue weighted by molar-refractivity contribution is -0.132. The Balaban J connectivity index is 1.74. The summed E-state index contributed by atoms with van der Waals surface area (Å²) in [5.74, 6) is -0.775. The van der Waals surface area contributed by atoms with Crippen LogP contribution in [0.2, 0.25) is 0 Å². The van der Waals surface area contributed by atoms with Gasteiger partial charge in [0.05, 0.1) is 0 Å². The third kappa shape index (κ3) is 4.02. The van der Waals surface area contributed by atoms with Gasteiger partial charge in [0.15, 0.2) is 5.11 Å². The maximum Gasteiger partial charge on any atom is 0.265 e. The number of aryl methyl sites for hydroxylation is 1. The Morgan fingerprint density at radius 2 is 1.42 bits per heavy atom. The third-order valence-electron chi connectivity index (χ3n) is 5.07. The van der Waals surface area contributed by atoms with Crippen LogP contribution >= 0.6 is 23.6 Å². The Labute approximate surface area is 190 Å². The van der Waals surface area contributed by atoms with E-state index in [9.17, 15) is 9.59 Å². The molecule has 31 heavy (non-hydrogen) atoms. The molecule has 0 atom stereocenters. The SMILES string of the molecule is Cc1ccc(N(c2ccccc2)c2ccc(C=C3C(=O)N(C)C(=S)N(C)C3=O)s2)cc1. The Bertz CT molecular complexity index is 1160. The van der Waals surface area contributed by atoms with Gasteiger partial charge in [-0.1, -0.05) is 35.9 Å². The number of rotatable bonds is 4. The van der Waals surface area contributed by atoms with E-state index in [-0.39, 0.29) is 22.5 Å². The highest BCUT2D eigenvalue weighted by Crippen LogP contribution is 2.39. The number of para-hydroxylation sites is 1. The minimum absolute atomic E-state index is 0.105. The molecule has 0 radical (unpaired) electrons. The highest BCUT2D eigenvalue weighted by Gasteiger charge is 2.35. The second-order valence-electron chi connectivity index (χ2n) is 7.25. The monoisotopic (exact) mass is 447 g/mol. The molecule has 5 nitrogen and oxygen atoms in total. The molecule has 2 aromatic carbocycles. The smallest absolute Gasteiger partial charge is 0.265 e. The lowest BCUT2D eigenvalue weighted by atomic mass is 10.1. The molecule has 4 rings (SSSR count). The van der Waals surface area contributed by atoms with Gasteiger partial charge in [-0.2, -0.15) is 0 Å². The van der Waals surface area contributed by atoms with Gasteiger partial charge >= 0.3 is 0 Å². The van der Waals surface area contributed by atoms with E-state index in [1.54, 1.807) is 20.2 Å². The van der Waals surface area contributed by atoms with Gasteiger partial charge in [-0.05, 0) is 61.6 Å². The summed E-state index contributed by atoms with van der Waals surface area (Å²) in [6.07, 6.45) is 1.64. The fourth-order valence-corrected chi connectivity index (χ4v) is 4.49. The molecule has 156 valence electrons. The van der Waals surface area contributed by atoms with Crippen molar-refractivity contribution in [1.29, 1.82) is 0 Å². The number of anilines is 3. The number of amides is 2. The molecule has 1 aliphatic rings. The minimum Gasteiger partial charge on any atom is -0.302 e. The molecule has 2 amide bonds. The molecule has 1 fully saturated rings. The predicted molar refractivity (Wildman–Crippen MR) is 130 cm³/mol.